The molecule has 3 rings (SSSR count). The molecular weight excluding hydrogens is 386 g/mol. The average molecular weight is 418 g/mol. The first-order chi connectivity index (χ1) is 14.0. The molecule has 0 spiro atoms. The van der Waals surface area contributed by atoms with Crippen molar-refractivity contribution < 1.29 is 4.79 Å². The average Bonchev–Trinajstić information content (AvgIpc) is 3.07. The van der Waals surface area contributed by atoms with Crippen LogP contribution < -0.4 is 4.90 Å². The lowest BCUT2D eigenvalue weighted by molar-refractivity contribution is -0.130. The Morgan fingerprint density at radius 1 is 1.17 bits per heavy atom. The van der Waals surface area contributed by atoms with Crippen molar-refractivity contribution in [2.24, 2.45) is 0 Å². The predicted molar refractivity (Wildman–Crippen MR) is 119 cm³/mol. The van der Waals surface area contributed by atoms with Gasteiger partial charge in [0.05, 0.1) is 17.9 Å². The second-order valence-corrected chi connectivity index (χ2v) is 8.07. The highest BCUT2D eigenvalue weighted by molar-refractivity contribution is 6.27. The molecule has 0 bridgehead atoms. The summed E-state index contributed by atoms with van der Waals surface area (Å²) in [6.45, 7) is 13.8. The Morgan fingerprint density at radius 2 is 1.83 bits per heavy atom. The Bertz CT molecular complexity index is 812. The molecule has 6 nitrogen and oxygen atoms in total. The molecule has 2 aromatic rings. The number of piperazine rings is 1. The van der Waals surface area contributed by atoms with E-state index in [1.165, 1.54) is 0 Å². The Morgan fingerprint density at radius 3 is 2.38 bits per heavy atom. The van der Waals surface area contributed by atoms with E-state index in [1.54, 1.807) is 0 Å². The molecule has 1 aliphatic heterocycles. The molecule has 1 aliphatic rings. The lowest BCUT2D eigenvalue weighted by Crippen LogP contribution is -2.47. The fourth-order valence-corrected chi connectivity index (χ4v) is 4.04. The Labute approximate surface area is 179 Å². The van der Waals surface area contributed by atoms with Crippen LogP contribution in [-0.4, -0.2) is 70.1 Å². The molecule has 29 heavy (non-hydrogen) atoms. The summed E-state index contributed by atoms with van der Waals surface area (Å²) in [4.78, 5) is 19.2. The second kappa shape index (κ2) is 9.63. The molecule has 0 N–H and O–H groups in total. The zero-order valence-corrected chi connectivity index (χ0v) is 18.7. The van der Waals surface area contributed by atoms with Crippen molar-refractivity contribution in [1.29, 1.82) is 0 Å². The van der Waals surface area contributed by atoms with E-state index in [1.807, 2.05) is 48.6 Å². The van der Waals surface area contributed by atoms with E-state index in [-0.39, 0.29) is 17.8 Å². The highest BCUT2D eigenvalue weighted by Gasteiger charge is 2.28. The van der Waals surface area contributed by atoms with Gasteiger partial charge in [0.2, 0.25) is 5.91 Å². The fourth-order valence-electron chi connectivity index (χ4n) is 3.89. The number of hydrogen-bond donors (Lipinski definition) is 0. The lowest BCUT2D eigenvalue weighted by Gasteiger charge is -2.36. The molecule has 1 saturated heterocycles. The van der Waals surface area contributed by atoms with Crippen LogP contribution in [0, 0.1) is 6.92 Å². The third-order valence-electron chi connectivity index (χ3n) is 5.66. The minimum absolute atomic E-state index is 0.00540. The summed E-state index contributed by atoms with van der Waals surface area (Å²) >= 11 is 5.89. The molecule has 2 heterocycles. The van der Waals surface area contributed by atoms with Crippen LogP contribution >= 0.6 is 11.6 Å². The zero-order chi connectivity index (χ0) is 21.0. The Kier molecular flexibility index (Phi) is 7.19. The summed E-state index contributed by atoms with van der Waals surface area (Å²) in [7, 11) is 0. The van der Waals surface area contributed by atoms with Crippen LogP contribution in [-0.2, 0) is 11.3 Å². The molecule has 1 fully saturated rings. The van der Waals surface area contributed by atoms with Crippen LogP contribution in [0.3, 0.4) is 0 Å². The minimum atomic E-state index is -0.0460. The summed E-state index contributed by atoms with van der Waals surface area (Å²) in [6, 6.07) is 10.3. The molecule has 0 atom stereocenters. The van der Waals surface area contributed by atoms with E-state index < -0.39 is 0 Å². The number of likely N-dealkylation sites (N-methyl/N-ethyl adjacent to an activating group) is 1. The van der Waals surface area contributed by atoms with Gasteiger partial charge in [-0.3, -0.25) is 4.79 Å². The molecule has 158 valence electrons. The summed E-state index contributed by atoms with van der Waals surface area (Å²) in [5.74, 6) is 1.04. The first-order valence-corrected chi connectivity index (χ1v) is 11.0. The number of para-hydroxylation sites is 1. The maximum absolute atomic E-state index is 12.5. The van der Waals surface area contributed by atoms with Gasteiger partial charge in [-0.05, 0) is 39.4 Å². The molecule has 1 aromatic carbocycles. The number of nitrogens with zero attached hydrogens (tertiary/aromatic N) is 5. The van der Waals surface area contributed by atoms with E-state index in [4.69, 9.17) is 16.7 Å². The van der Waals surface area contributed by atoms with Gasteiger partial charge in [-0.2, -0.15) is 5.10 Å². The van der Waals surface area contributed by atoms with E-state index in [2.05, 4.69) is 28.9 Å². The monoisotopic (exact) mass is 417 g/mol. The van der Waals surface area contributed by atoms with Crippen LogP contribution in [0.2, 0.25) is 0 Å². The highest BCUT2D eigenvalue weighted by Crippen LogP contribution is 2.30. The topological polar surface area (TPSA) is 44.6 Å². The number of halogens is 1. The van der Waals surface area contributed by atoms with Gasteiger partial charge in [0.15, 0.2) is 0 Å². The van der Waals surface area contributed by atoms with E-state index in [0.717, 1.165) is 55.5 Å². The van der Waals surface area contributed by atoms with Crippen molar-refractivity contribution in [3.63, 3.8) is 0 Å². The predicted octanol–water partition coefficient (Wildman–Crippen LogP) is 3.30. The van der Waals surface area contributed by atoms with Gasteiger partial charge in [-0.1, -0.05) is 25.1 Å². The van der Waals surface area contributed by atoms with Gasteiger partial charge in [-0.25, -0.2) is 4.68 Å². The number of hydrogen-bond acceptors (Lipinski definition) is 4. The van der Waals surface area contributed by atoms with Crippen LogP contribution in [0.5, 0.6) is 0 Å². The quantitative estimate of drug-likeness (QED) is 0.648. The standard InChI is InChI=1S/C22H32ClN5O/c1-5-25-11-13-26(14-12-25)22-20(16-27(17(2)3)21(29)15-23)18(4)24-28(22)19-9-7-6-8-10-19/h6-10,17H,5,11-16H2,1-4H3. The lowest BCUT2D eigenvalue weighted by atomic mass is 10.1. The van der Waals surface area contributed by atoms with E-state index >= 15 is 0 Å². The zero-order valence-electron chi connectivity index (χ0n) is 17.9. The largest absolute Gasteiger partial charge is 0.354 e. The van der Waals surface area contributed by atoms with Gasteiger partial charge >= 0.3 is 0 Å². The number of benzene rings is 1. The van der Waals surface area contributed by atoms with Crippen LogP contribution in [0.15, 0.2) is 30.3 Å². The Balaban J connectivity index is 2.03. The number of anilines is 1. The van der Waals surface area contributed by atoms with Crippen molar-refractivity contribution in [2.45, 2.75) is 40.3 Å². The van der Waals surface area contributed by atoms with Crippen molar-refractivity contribution in [2.75, 3.05) is 43.5 Å². The number of amides is 1. The summed E-state index contributed by atoms with van der Waals surface area (Å²) in [5, 5.41) is 4.88. The summed E-state index contributed by atoms with van der Waals surface area (Å²) in [6.07, 6.45) is 0. The van der Waals surface area contributed by atoms with Gasteiger partial charge in [-0.15, -0.1) is 11.6 Å². The number of aromatic nitrogens is 2. The van der Waals surface area contributed by atoms with Crippen LogP contribution in [0.25, 0.3) is 5.69 Å². The summed E-state index contributed by atoms with van der Waals surface area (Å²) in [5.41, 5.74) is 3.09. The fraction of sp³-hybridized carbons (Fsp3) is 0.545. The van der Waals surface area contributed by atoms with Gasteiger partial charge < -0.3 is 14.7 Å². The number of alkyl halides is 1. The summed E-state index contributed by atoms with van der Waals surface area (Å²) < 4.78 is 2.04. The third kappa shape index (κ3) is 4.75. The smallest absolute Gasteiger partial charge is 0.238 e. The second-order valence-electron chi connectivity index (χ2n) is 7.81. The number of rotatable bonds is 7. The maximum Gasteiger partial charge on any atom is 0.238 e. The first-order valence-electron chi connectivity index (χ1n) is 10.4. The van der Waals surface area contributed by atoms with E-state index in [0.29, 0.717) is 6.54 Å². The molecule has 1 aromatic heterocycles. The third-order valence-corrected chi connectivity index (χ3v) is 5.89. The van der Waals surface area contributed by atoms with Crippen LogP contribution in [0.1, 0.15) is 32.0 Å². The van der Waals surface area contributed by atoms with Crippen molar-refractivity contribution in [3.05, 3.63) is 41.6 Å². The highest BCUT2D eigenvalue weighted by atomic mass is 35.5. The van der Waals surface area contributed by atoms with Gasteiger partial charge in [0.25, 0.3) is 0 Å². The van der Waals surface area contributed by atoms with Crippen molar-refractivity contribution in [3.8, 4) is 5.69 Å². The molecule has 7 heteroatoms. The van der Waals surface area contributed by atoms with Crippen LogP contribution in [0.4, 0.5) is 5.82 Å². The molecule has 0 saturated carbocycles. The molecular formula is C22H32ClN5O. The molecule has 0 radical (unpaired) electrons. The van der Waals surface area contributed by atoms with E-state index in [9.17, 15) is 4.79 Å². The SMILES string of the molecule is CCN1CCN(c2c(CN(C(=O)CCl)C(C)C)c(C)nn2-c2ccccc2)CC1. The van der Waals surface area contributed by atoms with Gasteiger partial charge in [0.1, 0.15) is 11.7 Å². The van der Waals surface area contributed by atoms with Crippen molar-refractivity contribution >= 4 is 23.3 Å². The Hall–Kier alpha value is -2.05. The minimum Gasteiger partial charge on any atom is -0.354 e. The molecule has 1 amide bonds. The first kappa shape index (κ1) is 21.7. The normalized spacial score (nSPS) is 15.2. The number of carbonyl (C=O) groups excluding carboxylic acids is 1. The molecule has 0 unspecified atom stereocenters. The number of carbonyl (C=O) groups is 1. The number of aryl methyl sites for hydroxylation is 1. The maximum atomic E-state index is 12.5. The van der Waals surface area contributed by atoms with Crippen molar-refractivity contribution in [1.82, 2.24) is 19.6 Å². The van der Waals surface area contributed by atoms with Gasteiger partial charge in [0, 0.05) is 37.8 Å². The molecule has 0 aliphatic carbocycles.